The summed E-state index contributed by atoms with van der Waals surface area (Å²) in [6, 6.07) is 6.99. The molecule has 1 fully saturated rings. The van der Waals surface area contributed by atoms with Gasteiger partial charge in [0.05, 0.1) is 12.6 Å². The Labute approximate surface area is 119 Å². The first-order valence-corrected chi connectivity index (χ1v) is 7.15. The molecule has 2 atom stereocenters. The lowest BCUT2D eigenvalue weighted by atomic mass is 10.0. The number of carbonyl (C=O) groups is 1. The molecule has 0 saturated carbocycles. The van der Waals surface area contributed by atoms with Crippen LogP contribution < -0.4 is 11.1 Å². The summed E-state index contributed by atoms with van der Waals surface area (Å²) in [6.45, 7) is 2.85. The lowest BCUT2D eigenvalue weighted by Crippen LogP contribution is -2.51. The highest BCUT2D eigenvalue weighted by atomic mass is 16.3. The summed E-state index contributed by atoms with van der Waals surface area (Å²) >= 11 is 0. The molecule has 2 rings (SSSR count). The SMILES string of the molecule is CC(C(=O)Nc1cccc(N)c1)N1CCCCC1CO. The highest BCUT2D eigenvalue weighted by molar-refractivity contribution is 5.94. The van der Waals surface area contributed by atoms with Gasteiger partial charge in [-0.3, -0.25) is 9.69 Å². The number of piperidine rings is 1. The second-order valence-corrected chi connectivity index (χ2v) is 5.36. The van der Waals surface area contributed by atoms with Gasteiger partial charge in [-0.1, -0.05) is 12.5 Å². The van der Waals surface area contributed by atoms with Gasteiger partial charge in [0, 0.05) is 17.4 Å². The van der Waals surface area contributed by atoms with Crippen LogP contribution in [-0.4, -0.2) is 41.1 Å². The Kier molecular flexibility index (Phi) is 4.98. The summed E-state index contributed by atoms with van der Waals surface area (Å²) in [5, 5.41) is 12.3. The number of hydrogen-bond donors (Lipinski definition) is 3. The van der Waals surface area contributed by atoms with Gasteiger partial charge in [0.15, 0.2) is 0 Å². The van der Waals surface area contributed by atoms with Crippen molar-refractivity contribution in [3.63, 3.8) is 0 Å². The first kappa shape index (κ1) is 14.8. The summed E-state index contributed by atoms with van der Waals surface area (Å²) in [4.78, 5) is 14.4. The maximum absolute atomic E-state index is 12.3. The minimum Gasteiger partial charge on any atom is -0.399 e. The van der Waals surface area contributed by atoms with E-state index in [-0.39, 0.29) is 24.6 Å². The zero-order valence-corrected chi connectivity index (χ0v) is 11.9. The van der Waals surface area contributed by atoms with Crippen LogP contribution in [0.15, 0.2) is 24.3 Å². The minimum atomic E-state index is -0.256. The van der Waals surface area contributed by atoms with E-state index in [9.17, 15) is 9.90 Å². The molecule has 4 N–H and O–H groups in total. The number of benzene rings is 1. The summed E-state index contributed by atoms with van der Waals surface area (Å²) in [6.07, 6.45) is 3.14. The zero-order valence-electron chi connectivity index (χ0n) is 11.9. The fourth-order valence-corrected chi connectivity index (χ4v) is 2.74. The largest absolute Gasteiger partial charge is 0.399 e. The molecule has 0 radical (unpaired) electrons. The van der Waals surface area contributed by atoms with Crippen LogP contribution in [0.2, 0.25) is 0 Å². The zero-order chi connectivity index (χ0) is 14.5. The molecule has 1 aliphatic heterocycles. The van der Waals surface area contributed by atoms with Crippen molar-refractivity contribution >= 4 is 17.3 Å². The van der Waals surface area contributed by atoms with E-state index in [1.165, 1.54) is 0 Å². The number of carbonyl (C=O) groups excluding carboxylic acids is 1. The predicted molar refractivity (Wildman–Crippen MR) is 80.4 cm³/mol. The van der Waals surface area contributed by atoms with E-state index in [0.29, 0.717) is 11.4 Å². The molecule has 1 aliphatic rings. The van der Waals surface area contributed by atoms with Crippen LogP contribution in [0, 0.1) is 0 Å². The number of nitrogens with zero attached hydrogens (tertiary/aromatic N) is 1. The Morgan fingerprint density at radius 1 is 1.55 bits per heavy atom. The molecule has 2 unspecified atom stereocenters. The monoisotopic (exact) mass is 277 g/mol. The lowest BCUT2D eigenvalue weighted by Gasteiger charge is -2.38. The van der Waals surface area contributed by atoms with Crippen molar-refractivity contribution in [1.29, 1.82) is 0 Å². The van der Waals surface area contributed by atoms with Gasteiger partial charge in [0.2, 0.25) is 5.91 Å². The van der Waals surface area contributed by atoms with E-state index >= 15 is 0 Å². The fourth-order valence-electron chi connectivity index (χ4n) is 2.74. The molecule has 110 valence electrons. The van der Waals surface area contributed by atoms with Crippen LogP contribution in [0.4, 0.5) is 11.4 Å². The Morgan fingerprint density at radius 3 is 3.05 bits per heavy atom. The molecule has 0 aliphatic carbocycles. The van der Waals surface area contributed by atoms with E-state index in [2.05, 4.69) is 10.2 Å². The number of nitrogen functional groups attached to an aromatic ring is 1. The van der Waals surface area contributed by atoms with Gasteiger partial charge in [0.1, 0.15) is 0 Å². The van der Waals surface area contributed by atoms with Crippen LogP contribution in [0.3, 0.4) is 0 Å². The van der Waals surface area contributed by atoms with Crippen molar-refractivity contribution in [1.82, 2.24) is 4.90 Å². The maximum Gasteiger partial charge on any atom is 0.241 e. The van der Waals surface area contributed by atoms with E-state index in [1.807, 2.05) is 19.1 Å². The van der Waals surface area contributed by atoms with Crippen LogP contribution in [0.5, 0.6) is 0 Å². The van der Waals surface area contributed by atoms with E-state index in [1.54, 1.807) is 12.1 Å². The van der Waals surface area contributed by atoms with Crippen molar-refractivity contribution in [3.8, 4) is 0 Å². The van der Waals surface area contributed by atoms with Crippen LogP contribution in [0.25, 0.3) is 0 Å². The third-order valence-corrected chi connectivity index (χ3v) is 3.91. The second kappa shape index (κ2) is 6.72. The molecule has 1 aromatic carbocycles. The number of likely N-dealkylation sites (tertiary alicyclic amines) is 1. The third-order valence-electron chi connectivity index (χ3n) is 3.91. The normalized spacial score (nSPS) is 21.4. The molecule has 5 nitrogen and oxygen atoms in total. The Balaban J connectivity index is 2.00. The van der Waals surface area contributed by atoms with E-state index < -0.39 is 0 Å². The van der Waals surface area contributed by atoms with Gasteiger partial charge in [-0.15, -0.1) is 0 Å². The average Bonchev–Trinajstić information content (AvgIpc) is 2.46. The van der Waals surface area contributed by atoms with Crippen LogP contribution in [-0.2, 0) is 4.79 Å². The summed E-state index contributed by atoms with van der Waals surface area (Å²) in [7, 11) is 0. The van der Waals surface area contributed by atoms with Crippen molar-refractivity contribution in [2.24, 2.45) is 0 Å². The molecule has 5 heteroatoms. The number of nitrogens with one attached hydrogen (secondary N) is 1. The van der Waals surface area contributed by atoms with Gasteiger partial charge in [-0.25, -0.2) is 0 Å². The van der Waals surface area contributed by atoms with Gasteiger partial charge in [0.25, 0.3) is 0 Å². The molecule has 0 bridgehead atoms. The van der Waals surface area contributed by atoms with Crippen molar-refractivity contribution in [3.05, 3.63) is 24.3 Å². The maximum atomic E-state index is 12.3. The Hall–Kier alpha value is -1.59. The number of rotatable bonds is 4. The van der Waals surface area contributed by atoms with Gasteiger partial charge < -0.3 is 16.2 Å². The number of nitrogens with two attached hydrogens (primary N) is 1. The lowest BCUT2D eigenvalue weighted by molar-refractivity contribution is -0.122. The topological polar surface area (TPSA) is 78.6 Å². The van der Waals surface area contributed by atoms with Crippen molar-refractivity contribution in [2.75, 3.05) is 24.2 Å². The molecular weight excluding hydrogens is 254 g/mol. The quantitative estimate of drug-likeness (QED) is 0.728. The van der Waals surface area contributed by atoms with Crippen LogP contribution >= 0.6 is 0 Å². The van der Waals surface area contributed by atoms with Gasteiger partial charge in [-0.2, -0.15) is 0 Å². The number of anilines is 2. The summed E-state index contributed by atoms with van der Waals surface area (Å²) < 4.78 is 0. The summed E-state index contributed by atoms with van der Waals surface area (Å²) in [5.41, 5.74) is 7.04. The van der Waals surface area contributed by atoms with Crippen molar-refractivity contribution in [2.45, 2.75) is 38.3 Å². The summed E-state index contributed by atoms with van der Waals surface area (Å²) in [5.74, 6) is -0.0593. The Bertz CT molecular complexity index is 464. The highest BCUT2D eigenvalue weighted by Gasteiger charge is 2.29. The molecule has 20 heavy (non-hydrogen) atoms. The smallest absolute Gasteiger partial charge is 0.241 e. The standard InChI is InChI=1S/C15H23N3O2/c1-11(18-8-3-2-7-14(18)10-19)15(20)17-13-6-4-5-12(16)9-13/h4-6,9,11,14,19H,2-3,7-8,10,16H2,1H3,(H,17,20). The van der Waals surface area contributed by atoms with Crippen molar-refractivity contribution < 1.29 is 9.90 Å². The predicted octanol–water partition coefficient (Wildman–Crippen LogP) is 1.44. The van der Waals surface area contributed by atoms with Gasteiger partial charge in [-0.05, 0) is 44.5 Å². The number of aliphatic hydroxyl groups is 1. The molecule has 0 spiro atoms. The second-order valence-electron chi connectivity index (χ2n) is 5.36. The molecule has 0 aromatic heterocycles. The Morgan fingerprint density at radius 2 is 2.35 bits per heavy atom. The molecule has 1 heterocycles. The fraction of sp³-hybridized carbons (Fsp3) is 0.533. The van der Waals surface area contributed by atoms with Gasteiger partial charge >= 0.3 is 0 Å². The van der Waals surface area contributed by atoms with Crippen LogP contribution in [0.1, 0.15) is 26.2 Å². The van der Waals surface area contributed by atoms with E-state index in [0.717, 1.165) is 25.8 Å². The first-order chi connectivity index (χ1) is 9.61. The number of aliphatic hydroxyl groups excluding tert-OH is 1. The third kappa shape index (κ3) is 3.49. The van der Waals surface area contributed by atoms with E-state index in [4.69, 9.17) is 5.73 Å². The minimum absolute atomic E-state index is 0.0593. The molecular formula is C15H23N3O2. The molecule has 1 saturated heterocycles. The average molecular weight is 277 g/mol. The first-order valence-electron chi connectivity index (χ1n) is 7.15. The molecule has 1 amide bonds. The number of amides is 1. The molecule has 1 aromatic rings. The highest BCUT2D eigenvalue weighted by Crippen LogP contribution is 2.20. The number of hydrogen-bond acceptors (Lipinski definition) is 4.